The topological polar surface area (TPSA) is 66.8 Å². The van der Waals surface area contributed by atoms with Crippen LogP contribution in [0, 0.1) is 0 Å². The first-order valence-electron chi connectivity index (χ1n) is 5.50. The van der Waals surface area contributed by atoms with Crippen molar-refractivity contribution in [2.45, 2.75) is 0 Å². The summed E-state index contributed by atoms with van der Waals surface area (Å²) in [6.07, 6.45) is 1.56. The van der Waals surface area contributed by atoms with E-state index in [0.29, 0.717) is 15.7 Å². The number of hydrogen-bond donors (Lipinski definition) is 1. The Kier molecular flexibility index (Phi) is 6.09. The molecule has 20 heavy (non-hydrogen) atoms. The molecule has 1 rings (SSSR count). The first kappa shape index (κ1) is 16.6. The molecule has 0 fully saturated rings. The molecule has 0 bridgehead atoms. The fourth-order valence-electron chi connectivity index (χ4n) is 1.39. The van der Waals surface area contributed by atoms with E-state index in [1.807, 2.05) is 0 Å². The molecule has 1 aromatic carbocycles. The molecule has 0 aliphatic heterocycles. The van der Waals surface area contributed by atoms with Crippen molar-refractivity contribution >= 4 is 45.3 Å². The molecule has 1 N–H and O–H groups in total. The van der Waals surface area contributed by atoms with Gasteiger partial charge in [-0.15, -0.1) is 0 Å². The summed E-state index contributed by atoms with van der Waals surface area (Å²) >= 11 is 4.09. The number of amides is 1. The van der Waals surface area contributed by atoms with E-state index < -0.39 is 0 Å². The number of nitrogens with zero attached hydrogens (tertiary/aromatic N) is 1. The smallest absolute Gasteiger partial charge is 0.260 e. The van der Waals surface area contributed by atoms with Gasteiger partial charge in [0.2, 0.25) is 0 Å². The fraction of sp³-hybridized carbons (Fsp3) is 0.231. The molecule has 0 heterocycles. The van der Waals surface area contributed by atoms with Gasteiger partial charge in [0, 0.05) is 18.6 Å². The molecule has 0 saturated carbocycles. The molecule has 0 unspecified atom stereocenters. The first-order valence-corrected chi connectivity index (χ1v) is 7.18. The number of phenolic OH excluding ortho intramolecular Hbond substituents is 1. The van der Waals surface area contributed by atoms with E-state index in [4.69, 9.17) is 4.74 Å². The maximum Gasteiger partial charge on any atom is 0.260 e. The second-order valence-corrected chi connectivity index (χ2v) is 5.69. The molecule has 7 heteroatoms. The van der Waals surface area contributed by atoms with Crippen molar-refractivity contribution in [3.63, 3.8) is 0 Å². The van der Waals surface area contributed by atoms with E-state index >= 15 is 0 Å². The number of benzene rings is 1. The lowest BCUT2D eigenvalue weighted by atomic mass is 10.2. The van der Waals surface area contributed by atoms with Gasteiger partial charge in [-0.2, -0.15) is 0 Å². The van der Waals surface area contributed by atoms with Crippen LogP contribution >= 0.6 is 27.7 Å². The van der Waals surface area contributed by atoms with Gasteiger partial charge in [-0.1, -0.05) is 15.9 Å². The van der Waals surface area contributed by atoms with Gasteiger partial charge < -0.3 is 14.7 Å². The number of carbonyl (C=O) groups is 2. The van der Waals surface area contributed by atoms with Crippen molar-refractivity contribution in [3.05, 3.63) is 27.1 Å². The molecule has 1 aromatic rings. The number of methoxy groups -OCH3 is 1. The number of thioether (sulfide) groups is 1. The third kappa shape index (κ3) is 4.01. The minimum atomic E-state index is -0.277. The molecule has 5 nitrogen and oxygen atoms in total. The molecular formula is C13H14BrNO4S. The van der Waals surface area contributed by atoms with E-state index in [2.05, 4.69) is 15.9 Å². The Morgan fingerprint density at radius 2 is 2.10 bits per heavy atom. The Morgan fingerprint density at radius 1 is 1.45 bits per heavy atom. The van der Waals surface area contributed by atoms with E-state index in [1.54, 1.807) is 26.2 Å². The standard InChI is InChI=1S/C13H14BrNO4S/c1-15(2)13(18)12(20-7-16)5-8-4-11(19-3)10(17)6-9(8)14/h4-7,17H,1-3H3/b12-5-. The third-order valence-electron chi connectivity index (χ3n) is 2.38. The number of aromatic hydroxyl groups is 1. The van der Waals surface area contributed by atoms with Gasteiger partial charge in [0.1, 0.15) is 0 Å². The molecule has 0 atom stereocenters. The van der Waals surface area contributed by atoms with Crippen LogP contribution in [-0.2, 0) is 9.59 Å². The van der Waals surface area contributed by atoms with Crippen LogP contribution in [0.15, 0.2) is 21.5 Å². The van der Waals surface area contributed by atoms with Gasteiger partial charge in [-0.3, -0.25) is 9.59 Å². The average Bonchev–Trinajstić information content (AvgIpc) is 2.39. The van der Waals surface area contributed by atoms with Gasteiger partial charge in [0.05, 0.1) is 12.0 Å². The van der Waals surface area contributed by atoms with Crippen molar-refractivity contribution in [2.75, 3.05) is 21.2 Å². The maximum absolute atomic E-state index is 12.0. The van der Waals surface area contributed by atoms with Crippen molar-refractivity contribution in [1.82, 2.24) is 4.90 Å². The number of halogens is 1. The van der Waals surface area contributed by atoms with Crippen molar-refractivity contribution in [2.24, 2.45) is 0 Å². The zero-order valence-corrected chi connectivity index (χ0v) is 13.6. The van der Waals surface area contributed by atoms with Gasteiger partial charge in [0.15, 0.2) is 17.1 Å². The van der Waals surface area contributed by atoms with Crippen LogP contribution in [-0.4, -0.2) is 42.7 Å². The molecule has 0 aliphatic carbocycles. The van der Waals surface area contributed by atoms with Crippen LogP contribution in [0.3, 0.4) is 0 Å². The van der Waals surface area contributed by atoms with E-state index in [9.17, 15) is 14.7 Å². The average molecular weight is 360 g/mol. The largest absolute Gasteiger partial charge is 0.504 e. The van der Waals surface area contributed by atoms with E-state index in [-0.39, 0.29) is 22.3 Å². The van der Waals surface area contributed by atoms with Gasteiger partial charge in [0.25, 0.3) is 5.91 Å². The molecule has 0 aromatic heterocycles. The Hall–Kier alpha value is -1.47. The van der Waals surface area contributed by atoms with Gasteiger partial charge in [-0.25, -0.2) is 0 Å². The Labute approximate surface area is 129 Å². The minimum absolute atomic E-state index is 0.0138. The van der Waals surface area contributed by atoms with Crippen molar-refractivity contribution in [1.29, 1.82) is 0 Å². The van der Waals surface area contributed by atoms with Crippen LogP contribution in [0.1, 0.15) is 5.56 Å². The number of carbonyl (C=O) groups excluding carboxylic acids is 2. The lowest BCUT2D eigenvalue weighted by Gasteiger charge is -2.12. The summed E-state index contributed by atoms with van der Waals surface area (Å²) in [5, 5.41) is 9.64. The Balaban J connectivity index is 3.30. The number of hydrogen-bond acceptors (Lipinski definition) is 5. The Morgan fingerprint density at radius 3 is 2.60 bits per heavy atom. The summed E-state index contributed by atoms with van der Waals surface area (Å²) in [7, 11) is 4.64. The van der Waals surface area contributed by atoms with E-state index in [1.165, 1.54) is 18.1 Å². The fourth-order valence-corrected chi connectivity index (χ4v) is 2.42. The molecular weight excluding hydrogens is 346 g/mol. The highest BCUT2D eigenvalue weighted by molar-refractivity contribution is 9.10. The third-order valence-corrected chi connectivity index (χ3v) is 3.71. The van der Waals surface area contributed by atoms with Gasteiger partial charge in [-0.05, 0) is 35.5 Å². The maximum atomic E-state index is 12.0. The Bertz CT molecular complexity index is 558. The predicted molar refractivity (Wildman–Crippen MR) is 83.4 cm³/mol. The highest BCUT2D eigenvalue weighted by Gasteiger charge is 2.14. The van der Waals surface area contributed by atoms with E-state index in [0.717, 1.165) is 11.8 Å². The predicted octanol–water partition coefficient (Wildman–Crippen LogP) is 2.52. The zero-order chi connectivity index (χ0) is 15.3. The number of ether oxygens (including phenoxy) is 1. The van der Waals surface area contributed by atoms with Crippen LogP contribution in [0.5, 0.6) is 11.5 Å². The molecule has 0 radical (unpaired) electrons. The zero-order valence-electron chi connectivity index (χ0n) is 11.2. The first-order chi connectivity index (χ1) is 9.40. The monoisotopic (exact) mass is 359 g/mol. The number of rotatable bonds is 5. The quantitative estimate of drug-likeness (QED) is 0.646. The highest BCUT2D eigenvalue weighted by Crippen LogP contribution is 2.34. The van der Waals surface area contributed by atoms with Crippen LogP contribution in [0.25, 0.3) is 6.08 Å². The highest BCUT2D eigenvalue weighted by atomic mass is 79.9. The van der Waals surface area contributed by atoms with Crippen LogP contribution < -0.4 is 4.74 Å². The van der Waals surface area contributed by atoms with Crippen molar-refractivity contribution < 1.29 is 19.4 Å². The van der Waals surface area contributed by atoms with Gasteiger partial charge >= 0.3 is 0 Å². The van der Waals surface area contributed by atoms with Crippen LogP contribution in [0.4, 0.5) is 0 Å². The molecule has 0 saturated heterocycles. The number of phenols is 1. The SMILES string of the molecule is COc1cc(/C=C(\SC=O)C(=O)N(C)C)c(Br)cc1O. The second-order valence-electron chi connectivity index (χ2n) is 3.97. The summed E-state index contributed by atoms with van der Waals surface area (Å²) in [5.41, 5.74) is 1.22. The summed E-state index contributed by atoms with van der Waals surface area (Å²) in [5.74, 6) is -0.00621. The molecule has 108 valence electrons. The summed E-state index contributed by atoms with van der Waals surface area (Å²) < 4.78 is 5.61. The molecule has 1 amide bonds. The van der Waals surface area contributed by atoms with Crippen molar-refractivity contribution in [3.8, 4) is 11.5 Å². The van der Waals surface area contributed by atoms with Crippen LogP contribution in [0.2, 0.25) is 0 Å². The summed E-state index contributed by atoms with van der Waals surface area (Å²) in [6, 6.07) is 3.04. The number of likely N-dealkylation sites (N-methyl/N-ethyl adjacent to an activating group) is 1. The molecule has 0 aliphatic rings. The second kappa shape index (κ2) is 7.35. The summed E-state index contributed by atoms with van der Waals surface area (Å²) in [4.78, 5) is 24.3. The lowest BCUT2D eigenvalue weighted by Crippen LogP contribution is -2.22. The summed E-state index contributed by atoms with van der Waals surface area (Å²) in [6.45, 7) is 0. The minimum Gasteiger partial charge on any atom is -0.504 e. The normalized spacial score (nSPS) is 11.1. The molecule has 0 spiro atoms. The lowest BCUT2D eigenvalue weighted by molar-refractivity contribution is -0.123.